The van der Waals surface area contributed by atoms with Crippen LogP contribution in [0.4, 0.5) is 0 Å². The molecule has 5 nitrogen and oxygen atoms in total. The molecule has 12 heavy (non-hydrogen) atoms. The lowest BCUT2D eigenvalue weighted by molar-refractivity contribution is -0.115. The van der Waals surface area contributed by atoms with Crippen molar-refractivity contribution in [2.75, 3.05) is 0 Å². The van der Waals surface area contributed by atoms with E-state index in [9.17, 15) is 4.79 Å². The minimum atomic E-state index is -0.440. The van der Waals surface area contributed by atoms with Crippen LogP contribution >= 0.6 is 0 Å². The molecule has 1 aromatic heterocycles. The Bertz CT molecular complexity index is 296. The van der Waals surface area contributed by atoms with Gasteiger partial charge in [-0.2, -0.15) is 0 Å². The smallest absolute Gasteiger partial charge is 0.265 e. The largest absolute Gasteiger partial charge is 0.290 e. The lowest BCUT2D eigenvalue weighted by Crippen LogP contribution is -2.30. The highest BCUT2D eigenvalue weighted by Crippen LogP contribution is 2.07. The van der Waals surface area contributed by atoms with Crippen molar-refractivity contribution in [3.8, 4) is 0 Å². The first kappa shape index (κ1) is 8.35. The van der Waals surface area contributed by atoms with Crippen LogP contribution in [0.1, 0.15) is 5.56 Å². The molecule has 0 saturated heterocycles. The number of nitrogens with one attached hydrogen (secondary N) is 1. The summed E-state index contributed by atoms with van der Waals surface area (Å²) in [5.74, 6) is 4.47. The summed E-state index contributed by atoms with van der Waals surface area (Å²) in [6, 6.07) is 0. The highest BCUT2D eigenvalue weighted by atomic mass is 16.2. The molecule has 0 aliphatic rings. The second-order valence-electron chi connectivity index (χ2n) is 2.08. The lowest BCUT2D eigenvalue weighted by atomic mass is 10.1. The van der Waals surface area contributed by atoms with Gasteiger partial charge in [-0.25, -0.2) is 15.8 Å². The van der Waals surface area contributed by atoms with Crippen molar-refractivity contribution in [2.45, 2.75) is 0 Å². The van der Waals surface area contributed by atoms with Crippen molar-refractivity contribution in [1.29, 1.82) is 0 Å². The van der Waals surface area contributed by atoms with Crippen molar-refractivity contribution in [1.82, 2.24) is 15.4 Å². The van der Waals surface area contributed by atoms with Crippen LogP contribution in [0, 0.1) is 0 Å². The van der Waals surface area contributed by atoms with Crippen LogP contribution in [-0.4, -0.2) is 15.9 Å². The SMILES string of the molecule is C=C(C(=O)NN)c1cncnc1. The molecule has 0 radical (unpaired) electrons. The highest BCUT2D eigenvalue weighted by Gasteiger charge is 2.06. The number of carbonyl (C=O) groups excluding carboxylic acids is 1. The Balaban J connectivity index is 2.86. The molecule has 0 aromatic carbocycles. The van der Waals surface area contributed by atoms with E-state index >= 15 is 0 Å². The molecule has 1 amide bonds. The number of hydrazine groups is 1. The summed E-state index contributed by atoms with van der Waals surface area (Å²) >= 11 is 0. The summed E-state index contributed by atoms with van der Waals surface area (Å²) < 4.78 is 0. The topological polar surface area (TPSA) is 80.9 Å². The lowest BCUT2D eigenvalue weighted by Gasteiger charge is -2.01. The van der Waals surface area contributed by atoms with Crippen molar-refractivity contribution in [3.63, 3.8) is 0 Å². The summed E-state index contributed by atoms with van der Waals surface area (Å²) in [5, 5.41) is 0. The van der Waals surface area contributed by atoms with Crippen LogP contribution < -0.4 is 11.3 Å². The Morgan fingerprint density at radius 1 is 1.50 bits per heavy atom. The van der Waals surface area contributed by atoms with Gasteiger partial charge in [-0.1, -0.05) is 6.58 Å². The minimum absolute atomic E-state index is 0.248. The number of nitrogens with two attached hydrogens (primary N) is 1. The monoisotopic (exact) mass is 164 g/mol. The fourth-order valence-corrected chi connectivity index (χ4v) is 0.673. The Kier molecular flexibility index (Phi) is 2.49. The van der Waals surface area contributed by atoms with Crippen molar-refractivity contribution >= 4 is 11.5 Å². The molecule has 0 aliphatic heterocycles. The van der Waals surface area contributed by atoms with E-state index < -0.39 is 5.91 Å². The van der Waals surface area contributed by atoms with Crippen LogP contribution in [-0.2, 0) is 4.79 Å². The van der Waals surface area contributed by atoms with E-state index in [1.165, 1.54) is 18.7 Å². The fraction of sp³-hybridized carbons (Fsp3) is 0. The molecule has 0 fully saturated rings. The third kappa shape index (κ3) is 1.64. The van der Waals surface area contributed by atoms with E-state index in [0.29, 0.717) is 5.56 Å². The van der Waals surface area contributed by atoms with Gasteiger partial charge in [0.2, 0.25) is 0 Å². The normalized spacial score (nSPS) is 9.08. The molecular weight excluding hydrogens is 156 g/mol. The summed E-state index contributed by atoms with van der Waals surface area (Å²) in [4.78, 5) is 18.4. The average Bonchev–Trinajstić information content (AvgIpc) is 2.17. The van der Waals surface area contributed by atoms with Gasteiger partial charge in [-0.15, -0.1) is 0 Å². The summed E-state index contributed by atoms with van der Waals surface area (Å²) in [6.45, 7) is 3.52. The predicted molar refractivity (Wildman–Crippen MR) is 43.4 cm³/mol. The molecule has 0 spiro atoms. The first-order valence-corrected chi connectivity index (χ1v) is 3.21. The maximum atomic E-state index is 10.9. The minimum Gasteiger partial charge on any atom is -0.290 e. The number of rotatable bonds is 2. The van der Waals surface area contributed by atoms with Gasteiger partial charge in [-0.3, -0.25) is 10.2 Å². The second-order valence-corrected chi connectivity index (χ2v) is 2.08. The Hall–Kier alpha value is -1.75. The quantitative estimate of drug-likeness (QED) is 0.267. The van der Waals surface area contributed by atoms with Gasteiger partial charge in [0.15, 0.2) is 0 Å². The second kappa shape index (κ2) is 3.59. The maximum absolute atomic E-state index is 10.9. The maximum Gasteiger partial charge on any atom is 0.265 e. The fourth-order valence-electron chi connectivity index (χ4n) is 0.673. The van der Waals surface area contributed by atoms with Gasteiger partial charge in [0.05, 0.1) is 0 Å². The van der Waals surface area contributed by atoms with Gasteiger partial charge in [0.1, 0.15) is 6.33 Å². The first-order chi connectivity index (χ1) is 5.75. The third-order valence-corrected chi connectivity index (χ3v) is 1.31. The molecule has 0 unspecified atom stereocenters. The zero-order valence-electron chi connectivity index (χ0n) is 6.32. The number of amides is 1. The number of carbonyl (C=O) groups is 1. The molecule has 0 aliphatic carbocycles. The van der Waals surface area contributed by atoms with E-state index in [1.807, 2.05) is 5.43 Å². The van der Waals surface area contributed by atoms with Crippen molar-refractivity contribution < 1.29 is 4.79 Å². The van der Waals surface area contributed by atoms with Gasteiger partial charge in [0.25, 0.3) is 5.91 Å². The Labute approximate surface area is 69.3 Å². The van der Waals surface area contributed by atoms with Crippen LogP contribution in [0.15, 0.2) is 25.3 Å². The zero-order valence-corrected chi connectivity index (χ0v) is 6.32. The summed E-state index contributed by atoms with van der Waals surface area (Å²) in [5.41, 5.74) is 2.77. The van der Waals surface area contributed by atoms with E-state index in [1.54, 1.807) is 0 Å². The number of nitrogens with zero attached hydrogens (tertiary/aromatic N) is 2. The molecule has 1 aromatic rings. The van der Waals surface area contributed by atoms with Gasteiger partial charge >= 0.3 is 0 Å². The number of hydrogen-bond acceptors (Lipinski definition) is 4. The Morgan fingerprint density at radius 2 is 2.08 bits per heavy atom. The van der Waals surface area contributed by atoms with Crippen LogP contribution in [0.5, 0.6) is 0 Å². The zero-order chi connectivity index (χ0) is 8.97. The highest BCUT2D eigenvalue weighted by molar-refractivity contribution is 6.18. The van der Waals surface area contributed by atoms with Crippen molar-refractivity contribution in [3.05, 3.63) is 30.9 Å². The predicted octanol–water partition coefficient (Wildman–Crippen LogP) is -0.520. The Morgan fingerprint density at radius 3 is 2.58 bits per heavy atom. The first-order valence-electron chi connectivity index (χ1n) is 3.21. The van der Waals surface area contributed by atoms with Crippen LogP contribution in [0.3, 0.4) is 0 Å². The van der Waals surface area contributed by atoms with E-state index in [-0.39, 0.29) is 5.57 Å². The molecular formula is C7H8N4O. The van der Waals surface area contributed by atoms with Crippen molar-refractivity contribution in [2.24, 2.45) is 5.84 Å². The molecule has 1 rings (SSSR count). The van der Waals surface area contributed by atoms with Crippen LogP contribution in [0.2, 0.25) is 0 Å². The van der Waals surface area contributed by atoms with E-state index in [0.717, 1.165) is 0 Å². The van der Waals surface area contributed by atoms with Gasteiger partial charge < -0.3 is 0 Å². The van der Waals surface area contributed by atoms with E-state index in [4.69, 9.17) is 5.84 Å². The molecule has 62 valence electrons. The number of aromatic nitrogens is 2. The molecule has 1 heterocycles. The molecule has 0 saturated carbocycles. The molecule has 5 heteroatoms. The van der Waals surface area contributed by atoms with E-state index in [2.05, 4.69) is 16.5 Å². The molecule has 0 atom stereocenters. The third-order valence-electron chi connectivity index (χ3n) is 1.31. The molecule has 0 bridgehead atoms. The summed E-state index contributed by atoms with van der Waals surface area (Å²) in [7, 11) is 0. The summed E-state index contributed by atoms with van der Waals surface area (Å²) in [6.07, 6.45) is 4.35. The number of hydrogen-bond donors (Lipinski definition) is 2. The molecule has 3 N–H and O–H groups in total. The van der Waals surface area contributed by atoms with Gasteiger partial charge in [0, 0.05) is 23.5 Å². The standard InChI is InChI=1S/C7H8N4O/c1-5(7(12)11-8)6-2-9-4-10-3-6/h2-4H,1,8H2,(H,11,12). The van der Waals surface area contributed by atoms with Crippen LogP contribution in [0.25, 0.3) is 5.57 Å². The van der Waals surface area contributed by atoms with Gasteiger partial charge in [-0.05, 0) is 0 Å². The average molecular weight is 164 g/mol.